The topological polar surface area (TPSA) is 66.5 Å². The summed E-state index contributed by atoms with van der Waals surface area (Å²) in [6.45, 7) is 0.330. The zero-order valence-electron chi connectivity index (χ0n) is 13.2. The normalized spacial score (nSPS) is 18.2. The van der Waals surface area contributed by atoms with E-state index in [1.54, 1.807) is 36.4 Å². The Morgan fingerprint density at radius 2 is 1.76 bits per heavy atom. The molecule has 1 N–H and O–H groups in total. The van der Waals surface area contributed by atoms with Crippen molar-refractivity contribution in [1.82, 2.24) is 4.31 Å². The highest BCUT2D eigenvalue weighted by molar-refractivity contribution is 9.10. The highest BCUT2D eigenvalue weighted by Gasteiger charge is 2.39. The van der Waals surface area contributed by atoms with Gasteiger partial charge in [-0.3, -0.25) is 4.79 Å². The van der Waals surface area contributed by atoms with Gasteiger partial charge in [0.15, 0.2) is 0 Å². The van der Waals surface area contributed by atoms with Crippen molar-refractivity contribution in [2.24, 2.45) is 0 Å². The van der Waals surface area contributed by atoms with Crippen LogP contribution in [0.4, 0.5) is 5.69 Å². The molecule has 1 fully saturated rings. The third-order valence-electron chi connectivity index (χ3n) is 4.04. The lowest BCUT2D eigenvalue weighted by Gasteiger charge is -2.23. The van der Waals surface area contributed by atoms with Crippen LogP contribution in [0.1, 0.15) is 12.8 Å². The van der Waals surface area contributed by atoms with Gasteiger partial charge in [-0.05, 0) is 61.4 Å². The molecule has 2 aromatic carbocycles. The number of hydrogen-bond acceptors (Lipinski definition) is 3. The highest BCUT2D eigenvalue weighted by Crippen LogP contribution is 2.28. The van der Waals surface area contributed by atoms with Gasteiger partial charge in [-0.15, -0.1) is 0 Å². The van der Waals surface area contributed by atoms with E-state index in [-0.39, 0.29) is 10.8 Å². The molecule has 5 nitrogen and oxygen atoms in total. The van der Waals surface area contributed by atoms with Crippen LogP contribution in [0.3, 0.4) is 0 Å². The number of nitrogens with one attached hydrogen (secondary N) is 1. The standard InChI is InChI=1S/C17H16BrClN2O3S/c18-12-3-9-15(10-4-12)25(23,24)21-11-1-2-16(21)17(22)20-14-7-5-13(19)6-8-14/h3-10,16H,1-2,11H2,(H,20,22)/t16-/m1/s1. The first-order valence-electron chi connectivity index (χ1n) is 7.72. The third-order valence-corrected chi connectivity index (χ3v) is 6.74. The molecule has 0 saturated carbocycles. The zero-order chi connectivity index (χ0) is 18.0. The van der Waals surface area contributed by atoms with Crippen LogP contribution in [0, 0.1) is 0 Å². The second kappa shape index (κ2) is 7.45. The molecule has 1 amide bonds. The molecule has 0 aliphatic carbocycles. The van der Waals surface area contributed by atoms with Gasteiger partial charge in [-0.25, -0.2) is 8.42 Å². The molecule has 25 heavy (non-hydrogen) atoms. The average molecular weight is 444 g/mol. The molecule has 8 heteroatoms. The molecule has 0 aromatic heterocycles. The molecule has 1 saturated heterocycles. The van der Waals surface area contributed by atoms with Crippen LogP contribution >= 0.6 is 27.5 Å². The number of anilines is 1. The first kappa shape index (κ1) is 18.4. The van der Waals surface area contributed by atoms with Gasteiger partial charge in [0.05, 0.1) is 4.90 Å². The fourth-order valence-electron chi connectivity index (χ4n) is 2.79. The van der Waals surface area contributed by atoms with Crippen LogP contribution < -0.4 is 5.32 Å². The second-order valence-corrected chi connectivity index (χ2v) is 8.97. The van der Waals surface area contributed by atoms with E-state index in [1.807, 2.05) is 0 Å². The van der Waals surface area contributed by atoms with Crippen molar-refractivity contribution in [3.05, 3.63) is 58.0 Å². The summed E-state index contributed by atoms with van der Waals surface area (Å²) in [5.41, 5.74) is 0.585. The van der Waals surface area contributed by atoms with Gasteiger partial charge >= 0.3 is 0 Å². The SMILES string of the molecule is O=C(Nc1ccc(Cl)cc1)[C@H]1CCCN1S(=O)(=O)c1ccc(Br)cc1. The smallest absolute Gasteiger partial charge is 0.243 e. The third kappa shape index (κ3) is 4.06. The number of halogens is 2. The van der Waals surface area contributed by atoms with Gasteiger partial charge in [0.25, 0.3) is 0 Å². The highest BCUT2D eigenvalue weighted by atomic mass is 79.9. The number of carbonyl (C=O) groups excluding carboxylic acids is 1. The van der Waals surface area contributed by atoms with Crippen molar-refractivity contribution in [1.29, 1.82) is 0 Å². The van der Waals surface area contributed by atoms with E-state index in [2.05, 4.69) is 21.2 Å². The van der Waals surface area contributed by atoms with Crippen molar-refractivity contribution in [2.45, 2.75) is 23.8 Å². The maximum Gasteiger partial charge on any atom is 0.243 e. The van der Waals surface area contributed by atoms with Gasteiger partial charge in [0, 0.05) is 21.7 Å². The Morgan fingerprint density at radius 3 is 2.40 bits per heavy atom. The number of hydrogen-bond donors (Lipinski definition) is 1. The molecule has 0 unspecified atom stereocenters. The molecule has 1 aliphatic heterocycles. The number of benzene rings is 2. The van der Waals surface area contributed by atoms with Crippen molar-refractivity contribution in [3.8, 4) is 0 Å². The van der Waals surface area contributed by atoms with Crippen molar-refractivity contribution >= 4 is 49.1 Å². The van der Waals surface area contributed by atoms with Crippen LogP contribution in [0.5, 0.6) is 0 Å². The van der Waals surface area contributed by atoms with E-state index in [9.17, 15) is 13.2 Å². The average Bonchev–Trinajstić information content (AvgIpc) is 3.08. The predicted octanol–water partition coefficient (Wildman–Crippen LogP) is 3.89. The Labute approximate surface area is 160 Å². The minimum absolute atomic E-state index is 0.182. The Hall–Kier alpha value is -1.41. The molecule has 1 heterocycles. The van der Waals surface area contributed by atoms with Gasteiger partial charge < -0.3 is 5.32 Å². The van der Waals surface area contributed by atoms with Crippen LogP contribution in [-0.4, -0.2) is 31.2 Å². The Balaban J connectivity index is 1.80. The Kier molecular flexibility index (Phi) is 5.48. The molecular weight excluding hydrogens is 428 g/mol. The lowest BCUT2D eigenvalue weighted by atomic mass is 10.2. The number of carbonyl (C=O) groups is 1. The van der Waals surface area contributed by atoms with Crippen LogP contribution in [-0.2, 0) is 14.8 Å². The fraction of sp³-hybridized carbons (Fsp3) is 0.235. The zero-order valence-corrected chi connectivity index (χ0v) is 16.3. The summed E-state index contributed by atoms with van der Waals surface area (Å²) in [5.74, 6) is -0.333. The molecule has 132 valence electrons. The van der Waals surface area contributed by atoms with Crippen LogP contribution in [0.15, 0.2) is 57.9 Å². The number of sulfonamides is 1. The summed E-state index contributed by atoms with van der Waals surface area (Å²) in [4.78, 5) is 12.8. The lowest BCUT2D eigenvalue weighted by molar-refractivity contribution is -0.119. The van der Waals surface area contributed by atoms with E-state index >= 15 is 0 Å². The predicted molar refractivity (Wildman–Crippen MR) is 101 cm³/mol. The summed E-state index contributed by atoms with van der Waals surface area (Å²) < 4.78 is 27.8. The summed E-state index contributed by atoms with van der Waals surface area (Å²) in [5, 5.41) is 3.33. The maximum absolute atomic E-state index is 12.9. The minimum atomic E-state index is -3.72. The van der Waals surface area contributed by atoms with E-state index in [1.165, 1.54) is 16.4 Å². The second-order valence-electron chi connectivity index (χ2n) is 5.72. The number of amides is 1. The quantitative estimate of drug-likeness (QED) is 0.779. The fourth-order valence-corrected chi connectivity index (χ4v) is 4.84. The Bertz CT molecular complexity index is 870. The van der Waals surface area contributed by atoms with Gasteiger partial charge in [-0.1, -0.05) is 27.5 Å². The van der Waals surface area contributed by atoms with Gasteiger partial charge in [-0.2, -0.15) is 4.31 Å². The van der Waals surface area contributed by atoms with Crippen molar-refractivity contribution < 1.29 is 13.2 Å². The summed E-state index contributed by atoms with van der Waals surface area (Å²) in [6, 6.07) is 12.4. The van der Waals surface area contributed by atoms with Crippen LogP contribution in [0.2, 0.25) is 5.02 Å². The number of rotatable bonds is 4. The summed E-state index contributed by atoms with van der Waals surface area (Å²) in [7, 11) is -3.72. The summed E-state index contributed by atoms with van der Waals surface area (Å²) in [6.07, 6.45) is 1.14. The van der Waals surface area contributed by atoms with Crippen molar-refractivity contribution in [3.63, 3.8) is 0 Å². The molecule has 0 bridgehead atoms. The monoisotopic (exact) mass is 442 g/mol. The molecule has 3 rings (SSSR count). The lowest BCUT2D eigenvalue weighted by Crippen LogP contribution is -2.43. The van der Waals surface area contributed by atoms with Crippen LogP contribution in [0.25, 0.3) is 0 Å². The van der Waals surface area contributed by atoms with Crippen molar-refractivity contribution in [2.75, 3.05) is 11.9 Å². The van der Waals surface area contributed by atoms with Gasteiger partial charge in [0.2, 0.25) is 15.9 Å². The minimum Gasteiger partial charge on any atom is -0.325 e. The molecule has 1 aliphatic rings. The number of nitrogens with zero attached hydrogens (tertiary/aromatic N) is 1. The molecule has 0 radical (unpaired) electrons. The molecule has 0 spiro atoms. The Morgan fingerprint density at radius 1 is 1.12 bits per heavy atom. The largest absolute Gasteiger partial charge is 0.325 e. The van der Waals surface area contributed by atoms with Gasteiger partial charge in [0.1, 0.15) is 6.04 Å². The molecule has 1 atom stereocenters. The molecular formula is C17H16BrClN2O3S. The van der Waals surface area contributed by atoms with E-state index in [0.29, 0.717) is 30.1 Å². The van der Waals surface area contributed by atoms with E-state index in [0.717, 1.165) is 4.47 Å². The summed E-state index contributed by atoms with van der Waals surface area (Å²) >= 11 is 9.12. The first-order valence-corrected chi connectivity index (χ1v) is 10.3. The van der Waals surface area contributed by atoms with E-state index in [4.69, 9.17) is 11.6 Å². The van der Waals surface area contributed by atoms with E-state index < -0.39 is 16.1 Å². The maximum atomic E-state index is 12.9. The first-order chi connectivity index (χ1) is 11.9. The molecule has 2 aromatic rings.